The molecule has 0 saturated heterocycles. The molecule has 30 heavy (non-hydrogen) atoms. The van der Waals surface area contributed by atoms with Gasteiger partial charge in [-0.15, -0.1) is 0 Å². The summed E-state index contributed by atoms with van der Waals surface area (Å²) in [6.45, 7) is -0.0376. The second-order valence-corrected chi connectivity index (χ2v) is 8.93. The molecule has 9 aliphatic carbocycles. The van der Waals surface area contributed by atoms with Crippen molar-refractivity contribution in [2.75, 3.05) is 13.7 Å². The number of carbonyl (C=O) groups is 3. The Balaban J connectivity index is 0.000000136. The summed E-state index contributed by atoms with van der Waals surface area (Å²) >= 11 is 0. The van der Waals surface area contributed by atoms with Gasteiger partial charge in [-0.05, 0) is 49.4 Å². The number of esters is 1. The van der Waals surface area contributed by atoms with E-state index in [0.29, 0.717) is 29.2 Å². The van der Waals surface area contributed by atoms with Gasteiger partial charge in [-0.3, -0.25) is 15.7 Å². The Kier molecular flexibility index (Phi) is 7.31. The van der Waals surface area contributed by atoms with Gasteiger partial charge in [0.2, 0.25) is 5.91 Å². The number of allylic oxidation sites excluding steroid dienone is 4. The number of hydrogen-bond acceptors (Lipinski definition) is 4. The van der Waals surface area contributed by atoms with Crippen molar-refractivity contribution in [3.8, 4) is 0 Å². The minimum Gasteiger partial charge on any atom is -0.497 e. The van der Waals surface area contributed by atoms with Gasteiger partial charge in [-0.2, -0.15) is 5.92 Å². The van der Waals surface area contributed by atoms with Gasteiger partial charge in [0.25, 0.3) is 0 Å². The molecule has 9 rings (SSSR count). The Labute approximate surface area is 189 Å². The third-order valence-corrected chi connectivity index (χ3v) is 6.93. The number of amides is 1. The standard InChI is InChI=1S/C10H13NO3.C7H8O2.C6H7.Li/c1-14-9(12)5-11-10(13)8-4-6-2-7(8)3-6;8-7(9)6-3-4-1-5(6)2-4;1-2-6-3-5(1)4-6;/h4,6-7H,2-3,5H2,1H3,(H,11,13);3-5H,1-2H2,(H,8,9);1,5-6H,3-4H2;/q;;-1;+1. The Hall–Kier alpha value is -1.77. The minimum absolute atomic E-state index is 0. The summed E-state index contributed by atoms with van der Waals surface area (Å²) in [4.78, 5) is 32.7. The van der Waals surface area contributed by atoms with Crippen LogP contribution in [0, 0.1) is 41.6 Å². The van der Waals surface area contributed by atoms with Crippen molar-refractivity contribution >= 4 is 17.8 Å². The average molecular weight is 405 g/mol. The van der Waals surface area contributed by atoms with Crippen LogP contribution in [0.1, 0.15) is 38.5 Å². The van der Waals surface area contributed by atoms with Crippen LogP contribution in [0.4, 0.5) is 0 Å². The van der Waals surface area contributed by atoms with E-state index in [4.69, 9.17) is 5.11 Å². The summed E-state index contributed by atoms with van der Waals surface area (Å²) in [5, 5.41) is 11.1. The van der Waals surface area contributed by atoms with E-state index in [2.05, 4.69) is 22.2 Å². The van der Waals surface area contributed by atoms with Gasteiger partial charge in [0.05, 0.1) is 7.11 Å². The molecule has 0 atom stereocenters. The molecule has 0 aliphatic heterocycles. The van der Waals surface area contributed by atoms with E-state index >= 15 is 0 Å². The predicted octanol–water partition coefficient (Wildman–Crippen LogP) is -0.331. The van der Waals surface area contributed by atoms with Gasteiger partial charge in [0, 0.05) is 11.1 Å². The molecule has 156 valence electrons. The second-order valence-electron chi connectivity index (χ2n) is 8.93. The first kappa shape index (κ1) is 22.9. The molecular formula is C23H28LiNO5. The van der Waals surface area contributed by atoms with Crippen LogP contribution in [0.5, 0.6) is 0 Å². The fraction of sp³-hybridized carbons (Fsp3) is 0.609. The summed E-state index contributed by atoms with van der Waals surface area (Å²) in [7, 11) is 1.31. The molecule has 1 amide bonds. The van der Waals surface area contributed by atoms with Crippen molar-refractivity contribution in [2.45, 2.75) is 38.5 Å². The number of rotatable bonds is 4. The smallest absolute Gasteiger partial charge is 0.497 e. The van der Waals surface area contributed by atoms with Crippen LogP contribution in [0.15, 0.2) is 29.4 Å². The monoisotopic (exact) mass is 405 g/mol. The quantitative estimate of drug-likeness (QED) is 0.380. The zero-order valence-electron chi connectivity index (χ0n) is 17.7. The molecule has 0 spiro atoms. The van der Waals surface area contributed by atoms with Crippen molar-refractivity contribution in [3.63, 3.8) is 0 Å². The molecule has 0 heterocycles. The molecule has 9 aliphatic rings. The van der Waals surface area contributed by atoms with Crippen molar-refractivity contribution < 1.29 is 43.1 Å². The maximum Gasteiger partial charge on any atom is 1.00 e. The van der Waals surface area contributed by atoms with E-state index in [-0.39, 0.29) is 31.3 Å². The number of carbonyl (C=O) groups excluding carboxylic acids is 2. The summed E-state index contributed by atoms with van der Waals surface area (Å²) in [5.74, 6) is 2.68. The Morgan fingerprint density at radius 1 is 1.00 bits per heavy atom. The minimum atomic E-state index is -0.708. The number of methoxy groups -OCH3 is 1. The van der Waals surface area contributed by atoms with Crippen LogP contribution in [0.3, 0.4) is 0 Å². The molecule has 0 radical (unpaired) electrons. The number of ether oxygens (including phenoxy) is 1. The van der Waals surface area contributed by atoms with E-state index in [1.165, 1.54) is 20.0 Å². The van der Waals surface area contributed by atoms with Gasteiger partial charge in [-0.1, -0.05) is 30.9 Å². The molecule has 6 bridgehead atoms. The Morgan fingerprint density at radius 2 is 1.57 bits per heavy atom. The van der Waals surface area contributed by atoms with Crippen LogP contribution >= 0.6 is 0 Å². The van der Waals surface area contributed by atoms with E-state index < -0.39 is 11.9 Å². The number of aliphatic carboxylic acids is 1. The summed E-state index contributed by atoms with van der Waals surface area (Å²) in [6, 6.07) is 0. The summed E-state index contributed by atoms with van der Waals surface area (Å²) in [5.41, 5.74) is 1.53. The van der Waals surface area contributed by atoms with Crippen LogP contribution < -0.4 is 24.2 Å². The van der Waals surface area contributed by atoms with Crippen molar-refractivity contribution in [1.82, 2.24) is 5.32 Å². The molecule has 0 unspecified atom stereocenters. The maximum absolute atomic E-state index is 11.5. The molecule has 6 nitrogen and oxygen atoms in total. The fourth-order valence-corrected chi connectivity index (χ4v) is 4.92. The number of carboxylic acid groups (broad SMARTS) is 1. The molecular weight excluding hydrogens is 377 g/mol. The first-order valence-corrected chi connectivity index (χ1v) is 10.5. The van der Waals surface area contributed by atoms with Gasteiger partial charge in [0.1, 0.15) is 6.54 Å². The molecule has 7 heteroatoms. The molecule has 0 aromatic carbocycles. The fourth-order valence-electron chi connectivity index (χ4n) is 4.92. The Bertz CT molecular complexity index is 773. The van der Waals surface area contributed by atoms with Crippen molar-refractivity contribution in [1.29, 1.82) is 0 Å². The largest absolute Gasteiger partial charge is 1.00 e. The van der Waals surface area contributed by atoms with E-state index in [1.807, 2.05) is 12.2 Å². The second kappa shape index (κ2) is 9.57. The van der Waals surface area contributed by atoms with Crippen LogP contribution in [0.2, 0.25) is 0 Å². The number of hydrogen-bond donors (Lipinski definition) is 2. The average Bonchev–Trinajstić information content (AvgIpc) is 3.42. The van der Waals surface area contributed by atoms with E-state index in [0.717, 1.165) is 43.1 Å². The zero-order valence-corrected chi connectivity index (χ0v) is 17.7. The van der Waals surface area contributed by atoms with Crippen molar-refractivity contribution in [3.05, 3.63) is 35.5 Å². The topological polar surface area (TPSA) is 92.7 Å². The molecule has 3 saturated carbocycles. The maximum atomic E-state index is 11.5. The van der Waals surface area contributed by atoms with Crippen LogP contribution in [0.25, 0.3) is 0 Å². The molecule has 0 aromatic heterocycles. The van der Waals surface area contributed by atoms with Gasteiger partial charge in [0.15, 0.2) is 0 Å². The van der Waals surface area contributed by atoms with Gasteiger partial charge >= 0.3 is 30.8 Å². The first-order chi connectivity index (χ1) is 13.9. The van der Waals surface area contributed by atoms with E-state index in [9.17, 15) is 14.4 Å². The van der Waals surface area contributed by atoms with Gasteiger partial charge < -0.3 is 21.2 Å². The summed E-state index contributed by atoms with van der Waals surface area (Å²) < 4.78 is 4.43. The molecule has 3 fully saturated rings. The van der Waals surface area contributed by atoms with Gasteiger partial charge in [-0.25, -0.2) is 4.79 Å². The normalized spacial score (nSPS) is 34.0. The van der Waals surface area contributed by atoms with Crippen LogP contribution in [-0.2, 0) is 19.1 Å². The number of nitrogens with one attached hydrogen (secondary N) is 1. The zero-order chi connectivity index (χ0) is 20.5. The molecule has 2 N–H and O–H groups in total. The molecule has 0 aromatic rings. The Morgan fingerprint density at radius 3 is 1.87 bits per heavy atom. The SMILES string of the molecule is COC(=O)CNC(=O)C1=CC2CC1C2.O=C(O)C1=CC2CC1C2.[C-]1=CC2CC1C2.[Li+]. The number of carboxylic acids is 1. The predicted molar refractivity (Wildman–Crippen MR) is 105 cm³/mol. The van der Waals surface area contributed by atoms with Crippen LogP contribution in [-0.4, -0.2) is 36.6 Å². The summed E-state index contributed by atoms with van der Waals surface area (Å²) in [6.07, 6.45) is 16.7. The van der Waals surface area contributed by atoms with Crippen molar-refractivity contribution in [2.24, 2.45) is 35.5 Å². The first-order valence-electron chi connectivity index (χ1n) is 10.5. The third kappa shape index (κ3) is 4.92. The third-order valence-electron chi connectivity index (χ3n) is 6.93. The van der Waals surface area contributed by atoms with E-state index in [1.54, 1.807) is 0 Å².